The quantitative estimate of drug-likeness (QED) is 0.126. The van der Waals surface area contributed by atoms with Crippen molar-refractivity contribution in [3.05, 3.63) is 42.2 Å². The molecule has 0 saturated carbocycles. The Bertz CT molecular complexity index is 1850. The molecular weight excluding hydrogens is 734 g/mol. The Morgan fingerprint density at radius 1 is 1.05 bits per heavy atom. The molecule has 0 unspecified atom stereocenters. The van der Waals surface area contributed by atoms with Gasteiger partial charge in [0.05, 0.1) is 23.5 Å². The van der Waals surface area contributed by atoms with Crippen LogP contribution in [0.5, 0.6) is 0 Å². The molecule has 1 aromatic carbocycles. The van der Waals surface area contributed by atoms with Gasteiger partial charge in [-0.2, -0.15) is 0 Å². The second kappa shape index (κ2) is 18.2. The number of aromatic nitrogens is 1. The summed E-state index contributed by atoms with van der Waals surface area (Å²) in [5, 5.41) is 18.1. The molecule has 0 aliphatic carbocycles. The summed E-state index contributed by atoms with van der Waals surface area (Å²) in [6, 6.07) is 7.43. The number of methoxy groups -OCH3 is 1. The zero-order valence-electron chi connectivity index (χ0n) is 35.0. The molecule has 1 aromatic heterocycles. The van der Waals surface area contributed by atoms with E-state index in [0.29, 0.717) is 12.1 Å². The Hall–Kier alpha value is -4.13. The summed E-state index contributed by atoms with van der Waals surface area (Å²) in [5.74, 6) is 1.73. The molecule has 13 atom stereocenters. The van der Waals surface area contributed by atoms with Crippen molar-refractivity contribution < 1.29 is 52.7 Å². The lowest BCUT2D eigenvalue weighted by molar-refractivity contribution is -0.295. The lowest BCUT2D eigenvalue weighted by Gasteiger charge is -2.47. The number of rotatable bonds is 7. The number of nitrogens with zero attached hydrogens (tertiary/aromatic N) is 3. The summed E-state index contributed by atoms with van der Waals surface area (Å²) in [5.41, 5.74) is -1.37. The van der Waals surface area contributed by atoms with Crippen molar-refractivity contribution in [1.29, 1.82) is 0 Å². The highest BCUT2D eigenvalue weighted by atomic mass is 16.8. The zero-order valence-corrected chi connectivity index (χ0v) is 35.0. The van der Waals surface area contributed by atoms with Crippen molar-refractivity contribution in [1.82, 2.24) is 9.88 Å². The highest BCUT2D eigenvalue weighted by molar-refractivity contribution is 6.00. The number of hydrogen-bond acceptors (Lipinski definition) is 14. The van der Waals surface area contributed by atoms with Crippen LogP contribution >= 0.6 is 0 Å². The number of esters is 1. The summed E-state index contributed by atoms with van der Waals surface area (Å²) >= 11 is 0. The fourth-order valence-electron chi connectivity index (χ4n) is 8.73. The number of carbonyl (C=O) groups excluding carboxylic acids is 3. The number of oxime groups is 1. The summed E-state index contributed by atoms with van der Waals surface area (Å²) in [7, 11) is 5.28. The number of likely N-dealkylation sites (N-methyl/N-ethyl adjacent to an activating group) is 1. The average Bonchev–Trinajstić information content (AvgIpc) is 3.50. The highest BCUT2D eigenvalue weighted by Crippen LogP contribution is 2.42. The minimum absolute atomic E-state index is 0.0589. The number of ether oxygens (including phenoxy) is 6. The van der Waals surface area contributed by atoms with Crippen molar-refractivity contribution in [2.24, 2.45) is 28.8 Å². The highest BCUT2D eigenvalue weighted by Gasteiger charge is 2.58. The number of cyclic esters (lactones) is 1. The Morgan fingerprint density at radius 2 is 1.79 bits per heavy atom. The molecule has 57 heavy (non-hydrogen) atoms. The molecule has 0 spiro atoms. The molecule has 0 radical (unpaired) electrons. The first kappa shape index (κ1) is 44.0. The van der Waals surface area contributed by atoms with Crippen molar-refractivity contribution in [3.8, 4) is 11.8 Å². The molecule has 5 rings (SSSR count). The topological polar surface area (TPSA) is 165 Å². The molecule has 312 valence electrons. The molecule has 1 N–H and O–H groups in total. The maximum atomic E-state index is 14.3. The van der Waals surface area contributed by atoms with Gasteiger partial charge in [-0.25, -0.2) is 4.79 Å². The zero-order chi connectivity index (χ0) is 41.8. The van der Waals surface area contributed by atoms with Crippen LogP contribution < -0.4 is 0 Å². The number of Topliss-reactive ketones (excluding diaryl/α,β-unsaturated/α-hetero) is 1. The van der Waals surface area contributed by atoms with Gasteiger partial charge in [0.2, 0.25) is 0 Å². The maximum Gasteiger partial charge on any atom is 0.509 e. The van der Waals surface area contributed by atoms with Gasteiger partial charge in [0.15, 0.2) is 30.4 Å². The van der Waals surface area contributed by atoms with Crippen LogP contribution in [0.4, 0.5) is 4.79 Å². The van der Waals surface area contributed by atoms with Gasteiger partial charge in [0.1, 0.15) is 18.1 Å². The van der Waals surface area contributed by atoms with Gasteiger partial charge in [0.25, 0.3) is 0 Å². The third kappa shape index (κ3) is 9.29. The molecule has 3 aliphatic heterocycles. The Labute approximate surface area is 335 Å². The van der Waals surface area contributed by atoms with Gasteiger partial charge < -0.3 is 43.3 Å². The molecule has 3 fully saturated rings. The van der Waals surface area contributed by atoms with E-state index < -0.39 is 83.5 Å². The van der Waals surface area contributed by atoms with Crippen molar-refractivity contribution in [2.75, 3.05) is 27.8 Å². The van der Waals surface area contributed by atoms with Crippen molar-refractivity contribution in [3.63, 3.8) is 0 Å². The first-order valence-corrected chi connectivity index (χ1v) is 19.8. The summed E-state index contributed by atoms with van der Waals surface area (Å²) in [4.78, 5) is 53.1. The molecule has 0 amide bonds. The fraction of sp³-hybridized carbons (Fsp3) is 0.651. The Kier molecular flexibility index (Phi) is 14.0. The van der Waals surface area contributed by atoms with E-state index in [1.54, 1.807) is 33.2 Å². The number of aliphatic hydroxyl groups excluding tert-OH is 1. The van der Waals surface area contributed by atoms with Gasteiger partial charge in [-0.1, -0.05) is 56.8 Å². The van der Waals surface area contributed by atoms with Crippen LogP contribution in [0.15, 0.2) is 41.8 Å². The predicted octanol–water partition coefficient (Wildman–Crippen LogP) is 5.31. The first-order valence-electron chi connectivity index (χ1n) is 19.8. The van der Waals surface area contributed by atoms with Gasteiger partial charge in [-0.15, -0.1) is 0 Å². The van der Waals surface area contributed by atoms with E-state index in [4.69, 9.17) is 33.3 Å². The van der Waals surface area contributed by atoms with Crippen LogP contribution in [0, 0.1) is 35.5 Å². The number of ketones is 1. The smallest absolute Gasteiger partial charge is 0.457 e. The molecule has 3 saturated heterocycles. The molecule has 14 nitrogen and oxygen atoms in total. The minimum Gasteiger partial charge on any atom is -0.457 e. The van der Waals surface area contributed by atoms with Crippen molar-refractivity contribution >= 4 is 34.4 Å². The lowest BCUT2D eigenvalue weighted by atomic mass is 9.74. The third-order valence-corrected chi connectivity index (χ3v) is 12.0. The van der Waals surface area contributed by atoms with E-state index in [1.807, 2.05) is 71.0 Å². The number of hydrogen-bond donors (Lipinski definition) is 1. The van der Waals surface area contributed by atoms with Crippen LogP contribution in [0.1, 0.15) is 80.2 Å². The Balaban J connectivity index is 1.56. The van der Waals surface area contributed by atoms with E-state index >= 15 is 0 Å². The van der Waals surface area contributed by atoms with Crippen molar-refractivity contribution in [2.45, 2.75) is 129 Å². The SMILES string of the molecule is CC[C@H]1OC(=O)[C@H](C)C(=O)[C@H](C)[C@@H](O[C@H]2O[C@@H](C)C[C@@H](N(C)C)[C@@H]2O)[C@](C)(OC)C[C@@H](C)/C(=N\OCC#Cc2cccc3cnccc23)[C@H](C)[C@@H]2OC(=O)O[C@]12C. The predicted molar refractivity (Wildman–Crippen MR) is 211 cm³/mol. The second-order valence-corrected chi connectivity index (χ2v) is 16.4. The number of carbonyl (C=O) groups is 3. The van der Waals surface area contributed by atoms with Crippen LogP contribution in [0.2, 0.25) is 0 Å². The second-order valence-electron chi connectivity index (χ2n) is 16.4. The fourth-order valence-corrected chi connectivity index (χ4v) is 8.73. The summed E-state index contributed by atoms with van der Waals surface area (Å²) < 4.78 is 36.8. The largest absolute Gasteiger partial charge is 0.509 e. The van der Waals surface area contributed by atoms with Gasteiger partial charge in [0, 0.05) is 59.6 Å². The summed E-state index contributed by atoms with van der Waals surface area (Å²) in [6.07, 6.45) is -1.75. The molecular formula is C43H59N3O11. The average molecular weight is 794 g/mol. The maximum absolute atomic E-state index is 14.3. The molecule has 14 heteroatoms. The summed E-state index contributed by atoms with van der Waals surface area (Å²) in [6.45, 7) is 14.1. The lowest BCUT2D eigenvalue weighted by Crippen LogP contribution is -2.59. The number of fused-ring (bicyclic) bond motifs is 2. The third-order valence-electron chi connectivity index (χ3n) is 12.0. The minimum atomic E-state index is -1.44. The number of aliphatic hydroxyl groups is 1. The van der Waals surface area contributed by atoms with E-state index in [0.717, 1.165) is 16.3 Å². The molecule has 0 bridgehead atoms. The molecule has 4 heterocycles. The van der Waals surface area contributed by atoms with E-state index in [-0.39, 0.29) is 31.6 Å². The van der Waals surface area contributed by atoms with E-state index in [2.05, 4.69) is 22.0 Å². The van der Waals surface area contributed by atoms with Crippen LogP contribution in [0.25, 0.3) is 10.8 Å². The standard InChI is InChI=1S/C43H59N3O11/c1-12-33-43(8)38(56-41(50)57-43)26(4)34(45-52-20-14-17-29-15-13-16-30-23-44-19-18-31(29)30)24(2)22-42(7,51-11)37(27(5)35(47)28(6)39(49)54-33)55-40-36(48)32(46(9)10)21-25(3)53-40/h13,15-16,18-19,23-28,32-33,36-38,40,48H,12,20-22H2,1-11H3/b45-34+/t24-,25+,26+,27+,28-,32-,33-,36+,37-,38+,40-,42-,43-/m1/s1. The molecule has 3 aliphatic rings. The van der Waals surface area contributed by atoms with E-state index in [1.165, 1.54) is 14.0 Å². The first-order chi connectivity index (χ1) is 26.9. The normalized spacial score (nSPS) is 37.4. The monoisotopic (exact) mass is 793 g/mol. The number of pyridine rings is 1. The van der Waals surface area contributed by atoms with Gasteiger partial charge >= 0.3 is 12.1 Å². The van der Waals surface area contributed by atoms with Crippen LogP contribution in [-0.2, 0) is 42.8 Å². The molecule has 2 aromatic rings. The Morgan fingerprint density at radius 3 is 2.47 bits per heavy atom. The van der Waals surface area contributed by atoms with Gasteiger partial charge in [-0.05, 0) is 73.2 Å². The van der Waals surface area contributed by atoms with Crippen LogP contribution in [-0.4, -0.2) is 120 Å². The van der Waals surface area contributed by atoms with Gasteiger partial charge in [-0.3, -0.25) is 14.6 Å². The van der Waals surface area contributed by atoms with E-state index in [9.17, 15) is 19.5 Å². The van der Waals surface area contributed by atoms with Crippen LogP contribution in [0.3, 0.4) is 0 Å². The number of benzene rings is 1.